The largest absolute Gasteiger partial charge is 0.492 e. The van der Waals surface area contributed by atoms with Crippen molar-refractivity contribution < 1.29 is 17.9 Å². The van der Waals surface area contributed by atoms with Crippen molar-refractivity contribution in [2.45, 2.75) is 6.92 Å². The fraction of sp³-hybridized carbons (Fsp3) is 0.375. The fourth-order valence-electron chi connectivity index (χ4n) is 3.63. The van der Waals surface area contributed by atoms with Crippen LogP contribution in [0.25, 0.3) is 6.08 Å². The Bertz CT molecular complexity index is 1020. The van der Waals surface area contributed by atoms with Crippen LogP contribution in [0.5, 0.6) is 5.75 Å². The molecule has 1 amide bonds. The Morgan fingerprint density at radius 1 is 1.03 bits per heavy atom. The number of hydrogen-bond acceptors (Lipinski definition) is 5. The number of carbonyl (C=O) groups is 1. The van der Waals surface area contributed by atoms with E-state index >= 15 is 0 Å². The van der Waals surface area contributed by atoms with Gasteiger partial charge in [0.15, 0.2) is 0 Å². The number of sulfonamides is 1. The highest BCUT2D eigenvalue weighted by Crippen LogP contribution is 2.29. The van der Waals surface area contributed by atoms with Crippen LogP contribution in [-0.2, 0) is 14.8 Å². The highest BCUT2D eigenvalue weighted by Gasteiger charge is 2.28. The van der Waals surface area contributed by atoms with Gasteiger partial charge in [-0.05, 0) is 24.6 Å². The third-order valence-corrected chi connectivity index (χ3v) is 6.44. The zero-order valence-electron chi connectivity index (χ0n) is 18.7. The summed E-state index contributed by atoms with van der Waals surface area (Å²) in [6, 6.07) is 17.0. The molecule has 0 saturated carbocycles. The molecule has 172 valence electrons. The van der Waals surface area contributed by atoms with E-state index in [1.54, 1.807) is 29.2 Å². The van der Waals surface area contributed by atoms with Crippen LogP contribution in [0, 0.1) is 0 Å². The van der Waals surface area contributed by atoms with E-state index in [0.29, 0.717) is 31.1 Å². The quantitative estimate of drug-likeness (QED) is 0.579. The van der Waals surface area contributed by atoms with Crippen LogP contribution in [0.1, 0.15) is 12.5 Å². The van der Waals surface area contributed by atoms with Gasteiger partial charge in [0.1, 0.15) is 12.3 Å². The highest BCUT2D eigenvalue weighted by atomic mass is 32.2. The first kappa shape index (κ1) is 23.8. The Balaban J connectivity index is 1.58. The van der Waals surface area contributed by atoms with Crippen LogP contribution in [0.3, 0.4) is 0 Å². The van der Waals surface area contributed by atoms with Crippen molar-refractivity contribution in [3.8, 4) is 5.75 Å². The molecule has 0 spiro atoms. The number of amides is 1. The number of rotatable bonds is 9. The normalized spacial score (nSPS) is 15.1. The van der Waals surface area contributed by atoms with Gasteiger partial charge in [0.05, 0.1) is 18.6 Å². The molecule has 7 nitrogen and oxygen atoms in total. The summed E-state index contributed by atoms with van der Waals surface area (Å²) in [4.78, 5) is 17.0. The molecule has 1 heterocycles. The van der Waals surface area contributed by atoms with E-state index in [9.17, 15) is 13.2 Å². The Morgan fingerprint density at radius 2 is 1.69 bits per heavy atom. The molecule has 2 aromatic rings. The van der Waals surface area contributed by atoms with Crippen molar-refractivity contribution in [1.82, 2.24) is 9.80 Å². The van der Waals surface area contributed by atoms with Gasteiger partial charge >= 0.3 is 0 Å². The molecular formula is C24H31N3O4S. The average Bonchev–Trinajstić information content (AvgIpc) is 2.78. The van der Waals surface area contributed by atoms with Crippen molar-refractivity contribution in [3.05, 3.63) is 66.2 Å². The van der Waals surface area contributed by atoms with Crippen LogP contribution >= 0.6 is 0 Å². The third kappa shape index (κ3) is 6.58. The molecule has 2 aromatic carbocycles. The van der Waals surface area contributed by atoms with Crippen LogP contribution in [0.4, 0.5) is 5.69 Å². The number of ether oxygens (including phenoxy) is 1. The van der Waals surface area contributed by atoms with Gasteiger partial charge in [-0.25, -0.2) is 8.42 Å². The van der Waals surface area contributed by atoms with Crippen LogP contribution < -0.4 is 9.04 Å². The zero-order chi connectivity index (χ0) is 23.0. The van der Waals surface area contributed by atoms with Gasteiger partial charge in [0.25, 0.3) is 0 Å². The van der Waals surface area contributed by atoms with E-state index in [-0.39, 0.29) is 12.5 Å². The maximum atomic E-state index is 12.9. The number of nitrogens with zero attached hydrogens (tertiary/aromatic N) is 3. The van der Waals surface area contributed by atoms with Crippen LogP contribution in [-0.4, -0.2) is 76.3 Å². The molecule has 0 radical (unpaired) electrons. The minimum absolute atomic E-state index is 0.207. The first-order valence-electron chi connectivity index (χ1n) is 10.8. The minimum atomic E-state index is -3.66. The first-order chi connectivity index (χ1) is 15.4. The topological polar surface area (TPSA) is 70.2 Å². The predicted molar refractivity (Wildman–Crippen MR) is 128 cm³/mol. The van der Waals surface area contributed by atoms with E-state index < -0.39 is 10.0 Å². The van der Waals surface area contributed by atoms with Gasteiger partial charge < -0.3 is 9.64 Å². The molecule has 1 saturated heterocycles. The second-order valence-electron chi connectivity index (χ2n) is 7.66. The Morgan fingerprint density at radius 3 is 2.34 bits per heavy atom. The Kier molecular flexibility index (Phi) is 8.30. The molecule has 1 fully saturated rings. The molecule has 0 bridgehead atoms. The molecule has 3 rings (SSSR count). The number of hydrogen-bond donors (Lipinski definition) is 0. The van der Waals surface area contributed by atoms with Gasteiger partial charge in [0, 0.05) is 32.7 Å². The SMILES string of the molecule is CCOc1ccccc1N(CC(=O)N1CCN(C/C=C/c2ccccc2)CC1)S(C)(=O)=O. The van der Waals surface area contributed by atoms with E-state index in [0.717, 1.165) is 35.8 Å². The van der Waals surface area contributed by atoms with Gasteiger partial charge in [-0.15, -0.1) is 0 Å². The lowest BCUT2D eigenvalue weighted by Gasteiger charge is -2.35. The third-order valence-electron chi connectivity index (χ3n) is 5.31. The summed E-state index contributed by atoms with van der Waals surface area (Å²) in [5, 5.41) is 0. The number of anilines is 1. The summed E-state index contributed by atoms with van der Waals surface area (Å²) < 4.78 is 31.7. The first-order valence-corrected chi connectivity index (χ1v) is 12.6. The molecular weight excluding hydrogens is 426 g/mol. The van der Waals surface area contributed by atoms with Crippen molar-refractivity contribution in [2.75, 3.05) is 56.4 Å². The van der Waals surface area contributed by atoms with E-state index in [1.807, 2.05) is 25.1 Å². The highest BCUT2D eigenvalue weighted by molar-refractivity contribution is 7.92. The lowest BCUT2D eigenvalue weighted by Crippen LogP contribution is -2.51. The van der Waals surface area contributed by atoms with Gasteiger partial charge in [-0.2, -0.15) is 0 Å². The number of benzene rings is 2. The second kappa shape index (κ2) is 11.2. The van der Waals surface area contributed by atoms with E-state index in [1.165, 1.54) is 0 Å². The number of piperazine rings is 1. The summed E-state index contributed by atoms with van der Waals surface area (Å²) in [6.07, 6.45) is 5.33. The van der Waals surface area contributed by atoms with E-state index in [4.69, 9.17) is 4.74 Å². The lowest BCUT2D eigenvalue weighted by molar-refractivity contribution is -0.131. The van der Waals surface area contributed by atoms with E-state index in [2.05, 4.69) is 29.2 Å². The maximum absolute atomic E-state index is 12.9. The summed E-state index contributed by atoms with van der Waals surface area (Å²) in [7, 11) is -3.66. The summed E-state index contributed by atoms with van der Waals surface area (Å²) in [5.41, 5.74) is 1.55. The Labute approximate surface area is 190 Å². The molecule has 1 aliphatic rings. The summed E-state index contributed by atoms with van der Waals surface area (Å²) in [5.74, 6) is 0.240. The molecule has 32 heavy (non-hydrogen) atoms. The van der Waals surface area contributed by atoms with Crippen molar-refractivity contribution in [1.29, 1.82) is 0 Å². The molecule has 8 heteroatoms. The van der Waals surface area contributed by atoms with Crippen LogP contribution in [0.15, 0.2) is 60.7 Å². The number of carbonyl (C=O) groups excluding carboxylic acids is 1. The molecule has 0 N–H and O–H groups in total. The molecule has 0 aromatic heterocycles. The lowest BCUT2D eigenvalue weighted by atomic mass is 10.2. The van der Waals surface area contributed by atoms with Crippen molar-refractivity contribution in [3.63, 3.8) is 0 Å². The molecule has 0 unspecified atom stereocenters. The molecule has 1 aliphatic heterocycles. The van der Waals surface area contributed by atoms with Crippen molar-refractivity contribution >= 4 is 27.7 Å². The molecule has 0 atom stereocenters. The summed E-state index contributed by atoms with van der Waals surface area (Å²) in [6.45, 7) is 5.46. The van der Waals surface area contributed by atoms with Crippen molar-refractivity contribution in [2.24, 2.45) is 0 Å². The summed E-state index contributed by atoms with van der Waals surface area (Å²) >= 11 is 0. The standard InChI is InChI=1S/C24H31N3O4S/c1-3-31-23-14-8-7-13-22(23)27(32(2,29)30)20-24(28)26-18-16-25(17-19-26)15-9-12-21-10-5-4-6-11-21/h4-14H,3,15-20H2,1-2H3/b12-9+. The number of para-hydroxylation sites is 2. The predicted octanol–water partition coefficient (Wildman–Crippen LogP) is 2.71. The molecule has 0 aliphatic carbocycles. The average molecular weight is 458 g/mol. The van der Waals surface area contributed by atoms with Gasteiger partial charge in [-0.1, -0.05) is 54.6 Å². The smallest absolute Gasteiger partial charge is 0.243 e. The Hall–Kier alpha value is -2.84. The van der Waals surface area contributed by atoms with Gasteiger partial charge in [0.2, 0.25) is 15.9 Å². The van der Waals surface area contributed by atoms with Gasteiger partial charge in [-0.3, -0.25) is 14.0 Å². The maximum Gasteiger partial charge on any atom is 0.243 e. The zero-order valence-corrected chi connectivity index (χ0v) is 19.5. The monoisotopic (exact) mass is 457 g/mol. The second-order valence-corrected chi connectivity index (χ2v) is 9.57. The fourth-order valence-corrected chi connectivity index (χ4v) is 4.48. The minimum Gasteiger partial charge on any atom is -0.492 e. The van der Waals surface area contributed by atoms with Crippen LogP contribution in [0.2, 0.25) is 0 Å².